The zero-order valence-corrected chi connectivity index (χ0v) is 38.1. The summed E-state index contributed by atoms with van der Waals surface area (Å²) in [6.45, 7) is 2.16. The second kappa shape index (κ2) is 22.7. The number of anilines is 2. The SMILES string of the molecule is COC(=O)c1ccc(C(=O)OC)c(N=NC(C(C)=O)C(=O)Nc2cc3[nH]c(=O)c(=O)[nH]c3cc2OC)c1.COc1cc2[nH]c(=O)c(=O)[nH]c2cc1NC(=O)C(N=Nc1cc(C(=O)O)ccc1C(=O)O)C(C)=O. The molecule has 72 heavy (non-hydrogen) atoms. The largest absolute Gasteiger partial charge is 0.494 e. The molecule has 28 nitrogen and oxygen atoms in total. The number of carboxylic acid groups (broad SMARTS) is 2. The van der Waals surface area contributed by atoms with Crippen LogP contribution in [0.15, 0.2) is 100 Å². The quantitative estimate of drug-likeness (QED) is 0.0299. The van der Waals surface area contributed by atoms with E-state index in [-0.39, 0.29) is 73.0 Å². The highest BCUT2D eigenvalue weighted by atomic mass is 16.5. The minimum Gasteiger partial charge on any atom is -0.494 e. The van der Waals surface area contributed by atoms with E-state index >= 15 is 0 Å². The fourth-order valence-corrected chi connectivity index (χ4v) is 6.17. The maximum Gasteiger partial charge on any atom is 0.340 e. The van der Waals surface area contributed by atoms with E-state index in [2.05, 4.69) is 55.8 Å². The molecule has 6 rings (SSSR count). The number of azo groups is 2. The number of carboxylic acids is 2. The lowest BCUT2D eigenvalue weighted by Gasteiger charge is -2.13. The molecule has 0 bridgehead atoms. The van der Waals surface area contributed by atoms with Crippen LogP contribution in [0.5, 0.6) is 11.5 Å². The minimum atomic E-state index is -1.74. The lowest BCUT2D eigenvalue weighted by atomic mass is 10.1. The van der Waals surface area contributed by atoms with Crippen molar-refractivity contribution in [3.05, 3.63) is 124 Å². The molecule has 0 fully saturated rings. The van der Waals surface area contributed by atoms with Gasteiger partial charge >= 0.3 is 46.1 Å². The molecule has 0 saturated heterocycles. The van der Waals surface area contributed by atoms with Gasteiger partial charge in [0.1, 0.15) is 22.9 Å². The smallest absolute Gasteiger partial charge is 0.340 e. The molecule has 0 aliphatic carbocycles. The van der Waals surface area contributed by atoms with E-state index in [1.165, 1.54) is 63.8 Å². The second-order valence-corrected chi connectivity index (χ2v) is 14.5. The summed E-state index contributed by atoms with van der Waals surface area (Å²) < 4.78 is 19.8. The van der Waals surface area contributed by atoms with Crippen LogP contribution in [-0.4, -0.2) is 118 Å². The molecular formula is C44H38N10O18. The number of H-pyrrole nitrogens is 4. The van der Waals surface area contributed by atoms with Crippen LogP contribution in [0.25, 0.3) is 22.1 Å². The number of methoxy groups -OCH3 is 4. The molecule has 2 atom stereocenters. The number of benzene rings is 4. The average molecular weight is 995 g/mol. The van der Waals surface area contributed by atoms with E-state index in [0.29, 0.717) is 0 Å². The molecule has 0 saturated carbocycles. The van der Waals surface area contributed by atoms with Crippen molar-refractivity contribution < 1.29 is 67.5 Å². The van der Waals surface area contributed by atoms with Gasteiger partial charge in [0.25, 0.3) is 11.8 Å². The Bertz CT molecular complexity index is 3540. The normalized spacial score (nSPS) is 11.8. The van der Waals surface area contributed by atoms with E-state index in [1.807, 2.05) is 0 Å². The van der Waals surface area contributed by atoms with Gasteiger partial charge in [0.2, 0.25) is 12.1 Å². The number of amides is 2. The molecule has 2 aromatic heterocycles. The van der Waals surface area contributed by atoms with Gasteiger partial charge in [0.05, 0.1) is 84.1 Å². The summed E-state index contributed by atoms with van der Waals surface area (Å²) in [5.74, 6) is -7.41. The number of aromatic nitrogens is 4. The van der Waals surface area contributed by atoms with Crippen molar-refractivity contribution in [2.24, 2.45) is 20.5 Å². The standard InChI is InChI=1S/C23H21N5O9.C21H17N5O9/c1-10(29)18(28-27-13-7-11(22(33)36-3)5-6-12(13)23(34)37-4)19(30)26-16-8-14-15(9-17(16)35-2)25-21(32)20(31)24-14;1-8(27)16(26-25-11-5-9(20(31)32)3-4-10(11)21(33)34)17(28)24-14-6-12-13(7-15(14)35-2)23-19(30)18(29)22-12/h5-9,18H,1-4H3,(H,24,31)(H,25,32)(H,26,30);3-7,16H,1-2H3,(H,22,29)(H,23,30)(H,24,28)(H,31,32)(H,33,34). The van der Waals surface area contributed by atoms with Gasteiger partial charge in [-0.2, -0.15) is 20.5 Å². The second-order valence-electron chi connectivity index (χ2n) is 14.5. The zero-order chi connectivity index (χ0) is 53.1. The highest BCUT2D eigenvalue weighted by molar-refractivity contribution is 6.12. The zero-order valence-electron chi connectivity index (χ0n) is 38.1. The van der Waals surface area contributed by atoms with Crippen molar-refractivity contribution in [1.29, 1.82) is 0 Å². The lowest BCUT2D eigenvalue weighted by Crippen LogP contribution is -2.32. The van der Waals surface area contributed by atoms with E-state index in [4.69, 9.17) is 19.3 Å². The Labute approximate surface area is 400 Å². The van der Waals surface area contributed by atoms with E-state index in [9.17, 15) is 62.6 Å². The number of aromatic carboxylic acids is 2. The van der Waals surface area contributed by atoms with Crippen molar-refractivity contribution in [1.82, 2.24) is 19.9 Å². The van der Waals surface area contributed by atoms with Crippen molar-refractivity contribution >= 4 is 92.1 Å². The molecule has 372 valence electrons. The van der Waals surface area contributed by atoms with Crippen LogP contribution in [0, 0.1) is 0 Å². The molecule has 0 radical (unpaired) electrons. The number of carbonyl (C=O) groups excluding carboxylic acids is 6. The predicted octanol–water partition coefficient (Wildman–Crippen LogP) is 2.78. The third-order valence-corrected chi connectivity index (χ3v) is 9.73. The number of rotatable bonds is 16. The summed E-state index contributed by atoms with van der Waals surface area (Å²) in [6.07, 6.45) is 0. The molecule has 2 heterocycles. The Hall–Kier alpha value is -10.3. The van der Waals surface area contributed by atoms with Crippen LogP contribution < -0.4 is 42.3 Å². The van der Waals surface area contributed by atoms with Crippen molar-refractivity contribution in [2.75, 3.05) is 39.1 Å². The summed E-state index contributed by atoms with van der Waals surface area (Å²) >= 11 is 0. The fourth-order valence-electron chi connectivity index (χ4n) is 6.17. The lowest BCUT2D eigenvalue weighted by molar-refractivity contribution is -0.127. The van der Waals surface area contributed by atoms with Crippen molar-refractivity contribution in [3.8, 4) is 11.5 Å². The Morgan fingerprint density at radius 2 is 0.875 bits per heavy atom. The number of Topliss-reactive ketones (excluding diaryl/α,β-unsaturated/α-hetero) is 2. The number of esters is 2. The van der Waals surface area contributed by atoms with Crippen LogP contribution in [0.4, 0.5) is 22.7 Å². The van der Waals surface area contributed by atoms with Crippen LogP contribution in [0.1, 0.15) is 55.3 Å². The van der Waals surface area contributed by atoms with E-state index < -0.39 is 87.1 Å². The number of aromatic amines is 4. The summed E-state index contributed by atoms with van der Waals surface area (Å²) in [4.78, 5) is 153. The summed E-state index contributed by atoms with van der Waals surface area (Å²) in [6, 6.07) is 8.70. The van der Waals surface area contributed by atoms with Crippen molar-refractivity contribution in [3.63, 3.8) is 0 Å². The number of hydrogen-bond donors (Lipinski definition) is 8. The van der Waals surface area contributed by atoms with Crippen molar-refractivity contribution in [2.45, 2.75) is 25.9 Å². The van der Waals surface area contributed by atoms with Crippen LogP contribution >= 0.6 is 0 Å². The van der Waals surface area contributed by atoms with E-state index in [0.717, 1.165) is 39.2 Å². The molecular weight excluding hydrogens is 957 g/mol. The molecule has 8 N–H and O–H groups in total. The van der Waals surface area contributed by atoms with Gasteiger partial charge < -0.3 is 59.7 Å². The molecule has 2 unspecified atom stereocenters. The Balaban J connectivity index is 0.000000268. The monoisotopic (exact) mass is 994 g/mol. The van der Waals surface area contributed by atoms with Gasteiger partial charge in [0, 0.05) is 12.1 Å². The first-order valence-corrected chi connectivity index (χ1v) is 20.1. The van der Waals surface area contributed by atoms with E-state index in [1.54, 1.807) is 0 Å². The Morgan fingerprint density at radius 1 is 0.500 bits per heavy atom. The molecule has 0 spiro atoms. The molecule has 0 aliphatic rings. The van der Waals surface area contributed by atoms with Gasteiger partial charge in [-0.3, -0.25) is 38.4 Å². The molecule has 4 aromatic carbocycles. The fraction of sp³-hybridized carbons (Fsp3) is 0.182. The summed E-state index contributed by atoms with van der Waals surface area (Å²) in [7, 11) is 4.91. The number of hydrogen-bond acceptors (Lipinski definition) is 20. The Kier molecular flexibility index (Phi) is 16.6. The third-order valence-electron chi connectivity index (χ3n) is 9.73. The number of fused-ring (bicyclic) bond motifs is 2. The summed E-state index contributed by atoms with van der Waals surface area (Å²) in [5, 5.41) is 38.3. The average Bonchev–Trinajstić information content (AvgIpc) is 3.34. The van der Waals surface area contributed by atoms with Gasteiger partial charge in [-0.25, -0.2) is 19.2 Å². The van der Waals surface area contributed by atoms with Crippen LogP contribution in [0.3, 0.4) is 0 Å². The number of nitrogens with one attached hydrogen (secondary N) is 6. The molecule has 28 heteroatoms. The highest BCUT2D eigenvalue weighted by Crippen LogP contribution is 2.31. The topological polar surface area (TPSA) is 419 Å². The number of nitrogens with zero attached hydrogens (tertiary/aromatic N) is 4. The predicted molar refractivity (Wildman–Crippen MR) is 248 cm³/mol. The van der Waals surface area contributed by atoms with Gasteiger partial charge in [0.15, 0.2) is 11.6 Å². The number of ether oxygens (including phenoxy) is 4. The Morgan fingerprint density at radius 3 is 1.25 bits per heavy atom. The highest BCUT2D eigenvalue weighted by Gasteiger charge is 2.27. The first-order chi connectivity index (χ1) is 34.1. The minimum absolute atomic E-state index is 0.0215. The molecule has 0 aliphatic heterocycles. The first kappa shape index (κ1) is 52.7. The number of carbonyl (C=O) groups is 8. The number of ketones is 2. The van der Waals surface area contributed by atoms with Gasteiger partial charge in [-0.05, 0) is 62.4 Å². The van der Waals surface area contributed by atoms with Crippen LogP contribution in [-0.2, 0) is 28.7 Å². The maximum atomic E-state index is 13.0. The van der Waals surface area contributed by atoms with Gasteiger partial charge in [-0.1, -0.05) is 0 Å². The summed E-state index contributed by atoms with van der Waals surface area (Å²) in [5.41, 5.74) is -3.92. The maximum absolute atomic E-state index is 13.0. The first-order valence-electron chi connectivity index (χ1n) is 20.1. The molecule has 6 aromatic rings. The third kappa shape index (κ3) is 12.2. The van der Waals surface area contributed by atoms with Crippen LogP contribution in [0.2, 0.25) is 0 Å². The molecule has 2 amide bonds. The van der Waals surface area contributed by atoms with Gasteiger partial charge in [-0.15, -0.1) is 0 Å².